The average molecular weight is 280 g/mol. The molecular weight excluding hydrogens is 266 g/mol. The fourth-order valence-corrected chi connectivity index (χ4v) is 2.72. The van der Waals surface area contributed by atoms with Crippen molar-refractivity contribution < 1.29 is 17.6 Å². The average Bonchev–Trinajstić information content (AvgIpc) is 2.77. The molecule has 0 fully saturated rings. The maximum Gasteiger partial charge on any atom is 0.239 e. The van der Waals surface area contributed by atoms with E-state index in [9.17, 15) is 13.2 Å². The largest absolute Gasteiger partial charge is 0.468 e. The first-order valence-corrected chi connectivity index (χ1v) is 7.08. The fourth-order valence-electron chi connectivity index (χ4n) is 1.31. The first kappa shape index (κ1) is 14.2. The van der Waals surface area contributed by atoms with Crippen LogP contribution in [0.5, 0.6) is 0 Å². The summed E-state index contributed by atoms with van der Waals surface area (Å²) in [6.45, 7) is 2.96. The molecule has 0 aliphatic carbocycles. The highest BCUT2D eigenvalue weighted by atomic mass is 35.5. The van der Waals surface area contributed by atoms with Crippen molar-refractivity contribution in [2.24, 2.45) is 0 Å². The fraction of sp³-hybridized carbons (Fsp3) is 0.500. The monoisotopic (exact) mass is 279 g/mol. The molecule has 0 radical (unpaired) electrons. The van der Waals surface area contributed by atoms with Gasteiger partial charge in [0.15, 0.2) is 0 Å². The van der Waals surface area contributed by atoms with Gasteiger partial charge >= 0.3 is 0 Å². The number of carbonyl (C=O) groups is 1. The molecule has 1 aromatic rings. The molecular formula is C10H14ClNO4S. The van der Waals surface area contributed by atoms with Gasteiger partial charge in [-0.05, 0) is 37.6 Å². The van der Waals surface area contributed by atoms with Crippen molar-refractivity contribution in [3.05, 3.63) is 24.2 Å². The van der Waals surface area contributed by atoms with Crippen molar-refractivity contribution in [1.82, 2.24) is 4.31 Å². The van der Waals surface area contributed by atoms with E-state index in [2.05, 4.69) is 0 Å². The molecule has 96 valence electrons. The zero-order chi connectivity index (χ0) is 13.1. The van der Waals surface area contributed by atoms with Gasteiger partial charge in [-0.2, -0.15) is 4.31 Å². The Kier molecular flexibility index (Phi) is 4.73. The van der Waals surface area contributed by atoms with Gasteiger partial charge in [0.25, 0.3) is 0 Å². The van der Waals surface area contributed by atoms with Crippen LogP contribution >= 0.6 is 11.6 Å². The number of sulfonamides is 1. The third-order valence-corrected chi connectivity index (χ3v) is 4.58. The van der Waals surface area contributed by atoms with E-state index in [1.807, 2.05) is 0 Å². The van der Waals surface area contributed by atoms with Crippen LogP contribution in [0.25, 0.3) is 0 Å². The van der Waals surface area contributed by atoms with Gasteiger partial charge in [0.2, 0.25) is 15.3 Å². The van der Waals surface area contributed by atoms with Crippen molar-refractivity contribution in [3.63, 3.8) is 0 Å². The number of furan rings is 1. The van der Waals surface area contributed by atoms with Crippen molar-refractivity contribution in [2.75, 3.05) is 5.75 Å². The quantitative estimate of drug-likeness (QED) is 0.742. The van der Waals surface area contributed by atoms with Gasteiger partial charge in [0.05, 0.1) is 24.6 Å². The summed E-state index contributed by atoms with van der Waals surface area (Å²) in [6, 6.07) is 2.38. The summed E-state index contributed by atoms with van der Waals surface area (Å²) in [6.07, 6.45) is 1.44. The Hall–Kier alpha value is -0.850. The van der Waals surface area contributed by atoms with Crippen LogP contribution in [-0.2, 0) is 21.4 Å². The third kappa shape index (κ3) is 3.55. The van der Waals surface area contributed by atoms with Crippen molar-refractivity contribution in [3.8, 4) is 0 Å². The second-order valence-electron chi connectivity index (χ2n) is 3.51. The number of hydrogen-bond acceptors (Lipinski definition) is 4. The molecule has 0 saturated carbocycles. The molecule has 0 amide bonds. The lowest BCUT2D eigenvalue weighted by Crippen LogP contribution is -2.41. The molecule has 7 heteroatoms. The molecule has 1 rings (SSSR count). The molecule has 1 heterocycles. The normalized spacial score (nSPS) is 13.9. The standard InChI is InChI=1S/C10H14ClNO4S/c1-3-17(14,15)12(8(2)10(11)13)7-9-5-4-6-16-9/h4-6,8H,3,7H2,1-2H3. The van der Waals surface area contributed by atoms with Gasteiger partial charge in [0, 0.05) is 0 Å². The van der Waals surface area contributed by atoms with E-state index >= 15 is 0 Å². The molecule has 0 spiro atoms. The van der Waals surface area contributed by atoms with E-state index in [-0.39, 0.29) is 12.3 Å². The number of carbonyl (C=O) groups excluding carboxylic acids is 1. The molecule has 0 aromatic carbocycles. The third-order valence-electron chi connectivity index (χ3n) is 2.37. The zero-order valence-corrected chi connectivity index (χ0v) is 11.2. The predicted octanol–water partition coefficient (Wildman–Crippen LogP) is 1.59. The molecule has 1 atom stereocenters. The molecule has 0 aliphatic rings. The first-order chi connectivity index (χ1) is 7.88. The highest BCUT2D eigenvalue weighted by molar-refractivity contribution is 7.89. The van der Waals surface area contributed by atoms with Crippen LogP contribution in [0.2, 0.25) is 0 Å². The molecule has 5 nitrogen and oxygen atoms in total. The topological polar surface area (TPSA) is 67.6 Å². The number of halogens is 1. The van der Waals surface area contributed by atoms with E-state index in [1.54, 1.807) is 12.1 Å². The van der Waals surface area contributed by atoms with E-state index in [1.165, 1.54) is 20.1 Å². The van der Waals surface area contributed by atoms with E-state index < -0.39 is 21.3 Å². The minimum Gasteiger partial charge on any atom is -0.468 e. The SMILES string of the molecule is CCS(=O)(=O)N(Cc1ccco1)C(C)C(=O)Cl. The summed E-state index contributed by atoms with van der Waals surface area (Å²) in [5.74, 6) is 0.370. The number of hydrogen-bond donors (Lipinski definition) is 0. The zero-order valence-electron chi connectivity index (χ0n) is 9.59. The van der Waals surface area contributed by atoms with Gasteiger partial charge in [0.1, 0.15) is 5.76 Å². The maximum atomic E-state index is 11.8. The minimum absolute atomic E-state index is 0.00278. The van der Waals surface area contributed by atoms with Gasteiger partial charge in [-0.1, -0.05) is 0 Å². The van der Waals surface area contributed by atoms with E-state index in [0.29, 0.717) is 5.76 Å². The number of rotatable bonds is 6. The van der Waals surface area contributed by atoms with Gasteiger partial charge in [-0.15, -0.1) is 0 Å². The van der Waals surface area contributed by atoms with Crippen LogP contribution in [-0.4, -0.2) is 29.8 Å². The van der Waals surface area contributed by atoms with Crippen LogP contribution in [0.15, 0.2) is 22.8 Å². The summed E-state index contributed by atoms with van der Waals surface area (Å²) in [5, 5.41) is -0.714. The maximum absolute atomic E-state index is 11.8. The summed E-state index contributed by atoms with van der Waals surface area (Å²) in [7, 11) is -3.51. The lowest BCUT2D eigenvalue weighted by Gasteiger charge is -2.24. The van der Waals surface area contributed by atoms with Crippen LogP contribution in [0.3, 0.4) is 0 Å². The van der Waals surface area contributed by atoms with Crippen LogP contribution in [0.1, 0.15) is 19.6 Å². The summed E-state index contributed by atoms with van der Waals surface area (Å²) in [4.78, 5) is 11.1. The Bertz CT molecular complexity index is 469. The lowest BCUT2D eigenvalue weighted by molar-refractivity contribution is -0.114. The Morgan fingerprint density at radius 1 is 1.59 bits per heavy atom. The summed E-state index contributed by atoms with van der Waals surface area (Å²) < 4.78 is 29.8. The molecule has 0 N–H and O–H groups in total. The molecule has 0 saturated heterocycles. The Labute approximate surface area is 105 Å². The summed E-state index contributed by atoms with van der Waals surface area (Å²) in [5.41, 5.74) is 0. The molecule has 17 heavy (non-hydrogen) atoms. The molecule has 1 aromatic heterocycles. The molecule has 0 bridgehead atoms. The van der Waals surface area contributed by atoms with Gasteiger partial charge in [-0.3, -0.25) is 4.79 Å². The highest BCUT2D eigenvalue weighted by Gasteiger charge is 2.30. The van der Waals surface area contributed by atoms with Crippen LogP contribution < -0.4 is 0 Å². The van der Waals surface area contributed by atoms with Gasteiger partial charge < -0.3 is 4.42 Å². The highest BCUT2D eigenvalue weighted by Crippen LogP contribution is 2.16. The predicted molar refractivity (Wildman–Crippen MR) is 64.0 cm³/mol. The van der Waals surface area contributed by atoms with E-state index in [0.717, 1.165) is 4.31 Å². The second-order valence-corrected chi connectivity index (χ2v) is 6.09. The van der Waals surface area contributed by atoms with E-state index in [4.69, 9.17) is 16.0 Å². The smallest absolute Gasteiger partial charge is 0.239 e. The van der Waals surface area contributed by atoms with Crippen LogP contribution in [0.4, 0.5) is 0 Å². The molecule has 1 unspecified atom stereocenters. The van der Waals surface area contributed by atoms with Crippen LogP contribution in [0, 0.1) is 0 Å². The Morgan fingerprint density at radius 3 is 2.65 bits per heavy atom. The minimum atomic E-state index is -3.51. The van der Waals surface area contributed by atoms with Gasteiger partial charge in [-0.25, -0.2) is 8.42 Å². The molecule has 0 aliphatic heterocycles. The van der Waals surface area contributed by atoms with Crippen molar-refractivity contribution in [2.45, 2.75) is 26.4 Å². The van der Waals surface area contributed by atoms with Crippen molar-refractivity contribution in [1.29, 1.82) is 0 Å². The Balaban J connectivity index is 2.99. The number of nitrogens with zero attached hydrogens (tertiary/aromatic N) is 1. The summed E-state index contributed by atoms with van der Waals surface area (Å²) >= 11 is 5.35. The lowest BCUT2D eigenvalue weighted by atomic mass is 10.3. The Morgan fingerprint density at radius 2 is 2.24 bits per heavy atom. The second kappa shape index (κ2) is 5.66. The first-order valence-electron chi connectivity index (χ1n) is 5.09. The van der Waals surface area contributed by atoms with Crippen molar-refractivity contribution >= 4 is 26.9 Å².